The summed E-state index contributed by atoms with van der Waals surface area (Å²) in [6.07, 6.45) is 6.55. The highest BCUT2D eigenvalue weighted by Gasteiger charge is 2.52. The van der Waals surface area contributed by atoms with Crippen LogP contribution in [0.15, 0.2) is 25.3 Å². The van der Waals surface area contributed by atoms with Crippen molar-refractivity contribution in [2.45, 2.75) is 121 Å². The molecule has 164 valence electrons. The summed E-state index contributed by atoms with van der Waals surface area (Å²) in [7, 11) is -3.93. The topological polar surface area (TPSA) is 27.7 Å². The van der Waals surface area contributed by atoms with Crippen LogP contribution < -0.4 is 0 Å². The van der Waals surface area contributed by atoms with Crippen molar-refractivity contribution in [1.29, 1.82) is 0 Å². The lowest BCUT2D eigenvalue weighted by Gasteiger charge is -2.44. The van der Waals surface area contributed by atoms with Crippen LogP contribution in [0.3, 0.4) is 0 Å². The first-order valence-corrected chi connectivity index (χ1v) is 16.6. The Hall–Kier alpha value is -0.206. The molecule has 0 radical (unpaired) electrons. The first-order valence-electron chi connectivity index (χ1n) is 10.8. The highest BCUT2D eigenvalue weighted by Crippen LogP contribution is 2.44. The molecule has 28 heavy (non-hydrogen) atoms. The van der Waals surface area contributed by atoms with Gasteiger partial charge in [-0.25, -0.2) is 0 Å². The molecule has 5 heteroatoms. The molecule has 1 aliphatic rings. The number of rotatable bonds is 9. The fourth-order valence-electron chi connectivity index (χ4n) is 2.99. The van der Waals surface area contributed by atoms with Gasteiger partial charge in [-0.2, -0.15) is 0 Å². The SMILES string of the molecule is C=CCC[C@H]1O[C@@H](CC=C)[C@H](O[Si](C)(C)C(C)(C)C)[C@H]1O[Si](C)(C)C(C)(C)C. The minimum Gasteiger partial charge on any atom is -0.409 e. The molecule has 0 aliphatic carbocycles. The summed E-state index contributed by atoms with van der Waals surface area (Å²) in [5, 5.41) is 0.292. The average molecular weight is 427 g/mol. The number of hydrogen-bond acceptors (Lipinski definition) is 3. The van der Waals surface area contributed by atoms with Crippen molar-refractivity contribution in [2.24, 2.45) is 0 Å². The van der Waals surface area contributed by atoms with Gasteiger partial charge in [-0.3, -0.25) is 0 Å². The molecule has 3 nitrogen and oxygen atoms in total. The zero-order valence-corrected chi connectivity index (χ0v) is 22.2. The van der Waals surface area contributed by atoms with E-state index in [1.54, 1.807) is 0 Å². The van der Waals surface area contributed by atoms with E-state index >= 15 is 0 Å². The first-order chi connectivity index (χ1) is 12.6. The predicted octanol–water partition coefficient (Wildman–Crippen LogP) is 7.08. The molecule has 1 fully saturated rings. The Labute approximate surface area is 177 Å². The van der Waals surface area contributed by atoms with Crippen molar-refractivity contribution >= 4 is 16.6 Å². The van der Waals surface area contributed by atoms with Crippen LogP contribution in [0.4, 0.5) is 0 Å². The smallest absolute Gasteiger partial charge is 0.192 e. The van der Waals surface area contributed by atoms with Crippen molar-refractivity contribution in [3.63, 3.8) is 0 Å². The molecule has 0 saturated carbocycles. The average Bonchev–Trinajstić information content (AvgIpc) is 2.80. The minimum atomic E-state index is -1.96. The molecule has 0 aromatic rings. The summed E-state index contributed by atoms with van der Waals surface area (Å²) in [5.74, 6) is 0. The Bertz CT molecular complexity index is 529. The van der Waals surface area contributed by atoms with Crippen LogP contribution in [0.1, 0.15) is 60.8 Å². The molecule has 0 amide bonds. The monoisotopic (exact) mass is 426 g/mol. The molecule has 4 atom stereocenters. The molecular formula is C23H46O3Si2. The number of hydrogen-bond donors (Lipinski definition) is 0. The highest BCUT2D eigenvalue weighted by atomic mass is 28.4. The summed E-state index contributed by atoms with van der Waals surface area (Å²) in [6, 6.07) is 0. The normalized spacial score (nSPS) is 27.1. The van der Waals surface area contributed by atoms with E-state index in [1.165, 1.54) is 0 Å². The molecule has 0 spiro atoms. The third kappa shape index (κ3) is 6.15. The van der Waals surface area contributed by atoms with E-state index in [4.69, 9.17) is 13.6 Å². The van der Waals surface area contributed by atoms with Gasteiger partial charge in [0.25, 0.3) is 0 Å². The Balaban J connectivity index is 3.27. The van der Waals surface area contributed by atoms with Crippen molar-refractivity contribution in [2.75, 3.05) is 0 Å². The summed E-state index contributed by atoms with van der Waals surface area (Å²) in [6.45, 7) is 30.9. The second-order valence-electron chi connectivity index (χ2n) is 11.3. The largest absolute Gasteiger partial charge is 0.409 e. The van der Waals surface area contributed by atoms with E-state index in [2.05, 4.69) is 80.9 Å². The van der Waals surface area contributed by atoms with Crippen LogP contribution in [-0.4, -0.2) is 41.1 Å². The second-order valence-corrected chi connectivity index (χ2v) is 20.8. The number of allylic oxidation sites excluding steroid dienone is 1. The van der Waals surface area contributed by atoms with Gasteiger partial charge in [0.2, 0.25) is 0 Å². The highest BCUT2D eigenvalue weighted by molar-refractivity contribution is 6.74. The van der Waals surface area contributed by atoms with E-state index in [-0.39, 0.29) is 34.5 Å². The lowest BCUT2D eigenvalue weighted by molar-refractivity contribution is 0.00852. The van der Waals surface area contributed by atoms with Gasteiger partial charge >= 0.3 is 0 Å². The predicted molar refractivity (Wildman–Crippen MR) is 127 cm³/mol. The summed E-state index contributed by atoms with van der Waals surface area (Å²) in [5.41, 5.74) is 0. The summed E-state index contributed by atoms with van der Waals surface area (Å²) < 4.78 is 20.4. The molecule has 1 saturated heterocycles. The molecule has 0 aromatic heterocycles. The lowest BCUT2D eigenvalue weighted by atomic mass is 10.0. The maximum atomic E-state index is 6.96. The molecule has 0 N–H and O–H groups in total. The molecule has 0 unspecified atom stereocenters. The Kier molecular flexibility index (Phi) is 8.57. The van der Waals surface area contributed by atoms with E-state index < -0.39 is 16.6 Å². The third-order valence-corrected chi connectivity index (χ3v) is 15.9. The van der Waals surface area contributed by atoms with Gasteiger partial charge in [0, 0.05) is 0 Å². The molecule has 0 aromatic carbocycles. The van der Waals surface area contributed by atoms with Crippen LogP contribution in [0, 0.1) is 0 Å². The van der Waals surface area contributed by atoms with Crippen molar-refractivity contribution in [3.8, 4) is 0 Å². The molecule has 1 aliphatic heterocycles. The van der Waals surface area contributed by atoms with Gasteiger partial charge in [0.05, 0.1) is 24.4 Å². The Morgan fingerprint density at radius 2 is 1.21 bits per heavy atom. The Morgan fingerprint density at radius 3 is 1.57 bits per heavy atom. The van der Waals surface area contributed by atoms with Crippen LogP contribution in [0.25, 0.3) is 0 Å². The minimum absolute atomic E-state index is 0.0104. The van der Waals surface area contributed by atoms with Gasteiger partial charge in [-0.05, 0) is 55.5 Å². The number of ether oxygens (including phenoxy) is 1. The molecule has 1 rings (SSSR count). The fourth-order valence-corrected chi connectivity index (χ4v) is 5.63. The van der Waals surface area contributed by atoms with E-state index in [1.807, 2.05) is 12.2 Å². The van der Waals surface area contributed by atoms with Gasteiger partial charge in [0.15, 0.2) is 16.6 Å². The van der Waals surface area contributed by atoms with Crippen LogP contribution in [-0.2, 0) is 13.6 Å². The quantitative estimate of drug-likeness (QED) is 0.291. The standard InChI is InChI=1S/C23H46O3Si2/c1-13-15-17-19-21(26-28(11,12)23(6,7)8)20(18(24-19)16-14-2)25-27(9,10)22(3,4)5/h13-14,18-21H,1-2,15-17H2,3-12H3/t18-,19+,20-,21-/m0/s1. The fraction of sp³-hybridized carbons (Fsp3) is 0.826. The van der Waals surface area contributed by atoms with E-state index in [0.29, 0.717) is 0 Å². The Morgan fingerprint density at radius 1 is 0.786 bits per heavy atom. The van der Waals surface area contributed by atoms with Crippen LogP contribution in [0.5, 0.6) is 0 Å². The summed E-state index contributed by atoms with van der Waals surface area (Å²) >= 11 is 0. The molecule has 0 bridgehead atoms. The van der Waals surface area contributed by atoms with E-state index in [9.17, 15) is 0 Å². The first kappa shape index (κ1) is 25.8. The van der Waals surface area contributed by atoms with Crippen molar-refractivity contribution in [3.05, 3.63) is 25.3 Å². The van der Waals surface area contributed by atoms with Gasteiger partial charge < -0.3 is 13.6 Å². The van der Waals surface area contributed by atoms with Crippen LogP contribution >= 0.6 is 0 Å². The molecular weight excluding hydrogens is 380 g/mol. The zero-order chi connectivity index (χ0) is 22.0. The van der Waals surface area contributed by atoms with Gasteiger partial charge in [0.1, 0.15) is 0 Å². The second kappa shape index (κ2) is 9.29. The lowest BCUT2D eigenvalue weighted by Crippen LogP contribution is -2.54. The van der Waals surface area contributed by atoms with Crippen molar-refractivity contribution < 1.29 is 13.6 Å². The maximum absolute atomic E-state index is 6.96. The van der Waals surface area contributed by atoms with Crippen molar-refractivity contribution in [1.82, 2.24) is 0 Å². The van der Waals surface area contributed by atoms with Gasteiger partial charge in [-0.1, -0.05) is 53.7 Å². The van der Waals surface area contributed by atoms with Gasteiger partial charge in [-0.15, -0.1) is 13.2 Å². The molecule has 1 heterocycles. The third-order valence-electron chi connectivity index (χ3n) is 6.93. The zero-order valence-electron chi connectivity index (χ0n) is 20.2. The summed E-state index contributed by atoms with van der Waals surface area (Å²) in [4.78, 5) is 0. The maximum Gasteiger partial charge on any atom is 0.192 e. The van der Waals surface area contributed by atoms with E-state index in [0.717, 1.165) is 19.3 Å². The van der Waals surface area contributed by atoms with Crippen LogP contribution in [0.2, 0.25) is 36.3 Å².